The minimum Gasteiger partial charge on any atom is -0.384 e. The Balaban J connectivity index is 2.62. The topological polar surface area (TPSA) is 64.7 Å². The first-order valence-corrected chi connectivity index (χ1v) is 4.85. The number of anilines is 1. The quantitative estimate of drug-likeness (QED) is 0.708. The predicted octanol–water partition coefficient (Wildman–Crippen LogP) is 1.90. The molecule has 78 valence electrons. The van der Waals surface area contributed by atoms with Crippen molar-refractivity contribution in [2.75, 3.05) is 5.73 Å². The largest absolute Gasteiger partial charge is 0.384 e. The fourth-order valence-corrected chi connectivity index (χ4v) is 1.29. The molecule has 2 N–H and O–H groups in total. The van der Waals surface area contributed by atoms with Crippen LogP contribution in [-0.2, 0) is 5.41 Å². The second-order valence-electron chi connectivity index (χ2n) is 4.60. The van der Waals surface area contributed by atoms with Gasteiger partial charge in [-0.15, -0.1) is 0 Å². The highest BCUT2D eigenvalue weighted by atomic mass is 14.9. The highest BCUT2D eigenvalue weighted by Gasteiger charge is 2.16. The number of nitrogen functional groups attached to an aromatic ring is 1. The molecule has 4 heteroatoms. The van der Waals surface area contributed by atoms with Gasteiger partial charge in [0.25, 0.3) is 0 Å². The SMILES string of the molecule is CC(C)(C)c1cnc2cc(N)ncc2n1. The van der Waals surface area contributed by atoms with Crippen molar-refractivity contribution in [3.8, 4) is 0 Å². The van der Waals surface area contributed by atoms with E-state index in [-0.39, 0.29) is 5.41 Å². The van der Waals surface area contributed by atoms with Gasteiger partial charge >= 0.3 is 0 Å². The summed E-state index contributed by atoms with van der Waals surface area (Å²) in [7, 11) is 0. The Bertz CT molecular complexity index is 499. The molecule has 0 unspecified atom stereocenters. The van der Waals surface area contributed by atoms with Gasteiger partial charge in [-0.2, -0.15) is 0 Å². The van der Waals surface area contributed by atoms with E-state index in [0.717, 1.165) is 16.7 Å². The van der Waals surface area contributed by atoms with Crippen LogP contribution in [0.4, 0.5) is 5.82 Å². The van der Waals surface area contributed by atoms with Crippen molar-refractivity contribution in [3.05, 3.63) is 24.2 Å². The number of hydrogen-bond acceptors (Lipinski definition) is 4. The molecule has 0 aliphatic rings. The molecule has 2 aromatic rings. The van der Waals surface area contributed by atoms with E-state index < -0.39 is 0 Å². The summed E-state index contributed by atoms with van der Waals surface area (Å²) in [6.45, 7) is 6.31. The van der Waals surface area contributed by atoms with Gasteiger partial charge in [-0.05, 0) is 0 Å². The summed E-state index contributed by atoms with van der Waals surface area (Å²) in [5.41, 5.74) is 8.11. The lowest BCUT2D eigenvalue weighted by Gasteiger charge is -2.17. The Morgan fingerprint density at radius 1 is 1.07 bits per heavy atom. The van der Waals surface area contributed by atoms with Gasteiger partial charge in [0.15, 0.2) is 0 Å². The van der Waals surface area contributed by atoms with Crippen LogP contribution in [0.25, 0.3) is 11.0 Å². The van der Waals surface area contributed by atoms with E-state index in [1.807, 2.05) is 0 Å². The maximum Gasteiger partial charge on any atom is 0.125 e. The second kappa shape index (κ2) is 3.15. The van der Waals surface area contributed by atoms with Crippen molar-refractivity contribution in [3.63, 3.8) is 0 Å². The van der Waals surface area contributed by atoms with E-state index >= 15 is 0 Å². The highest BCUT2D eigenvalue weighted by Crippen LogP contribution is 2.21. The van der Waals surface area contributed by atoms with Gasteiger partial charge in [0.05, 0.1) is 17.4 Å². The third-order valence-corrected chi connectivity index (χ3v) is 2.22. The smallest absolute Gasteiger partial charge is 0.125 e. The van der Waals surface area contributed by atoms with Crippen molar-refractivity contribution in [2.45, 2.75) is 26.2 Å². The number of aromatic nitrogens is 3. The number of pyridine rings is 1. The molecule has 0 saturated carbocycles. The molecule has 15 heavy (non-hydrogen) atoms. The molecular weight excluding hydrogens is 188 g/mol. The summed E-state index contributed by atoms with van der Waals surface area (Å²) in [5.74, 6) is 0.473. The van der Waals surface area contributed by atoms with Crippen LogP contribution in [0.15, 0.2) is 18.5 Å². The first kappa shape index (κ1) is 9.83. The lowest BCUT2D eigenvalue weighted by molar-refractivity contribution is 0.568. The fraction of sp³-hybridized carbons (Fsp3) is 0.364. The maximum atomic E-state index is 5.57. The average molecular weight is 202 g/mol. The maximum absolute atomic E-state index is 5.57. The van der Waals surface area contributed by atoms with Crippen LogP contribution < -0.4 is 5.73 Å². The van der Waals surface area contributed by atoms with E-state index in [1.165, 1.54) is 0 Å². The number of hydrogen-bond donors (Lipinski definition) is 1. The summed E-state index contributed by atoms with van der Waals surface area (Å²) in [4.78, 5) is 12.8. The van der Waals surface area contributed by atoms with Crippen LogP contribution in [-0.4, -0.2) is 15.0 Å². The average Bonchev–Trinajstić information content (AvgIpc) is 2.15. The van der Waals surface area contributed by atoms with Gasteiger partial charge in [0.1, 0.15) is 11.3 Å². The molecule has 0 bridgehead atoms. The molecule has 0 aliphatic heterocycles. The van der Waals surface area contributed by atoms with E-state index in [4.69, 9.17) is 5.73 Å². The molecule has 0 atom stereocenters. The van der Waals surface area contributed by atoms with E-state index in [1.54, 1.807) is 18.5 Å². The number of rotatable bonds is 0. The molecule has 0 spiro atoms. The first-order valence-electron chi connectivity index (χ1n) is 4.85. The Morgan fingerprint density at radius 2 is 1.80 bits per heavy atom. The Labute approximate surface area is 88.6 Å². The second-order valence-corrected chi connectivity index (χ2v) is 4.60. The minimum absolute atomic E-state index is 0.00256. The van der Waals surface area contributed by atoms with Gasteiger partial charge in [0, 0.05) is 17.7 Å². The van der Waals surface area contributed by atoms with Gasteiger partial charge in [-0.3, -0.25) is 4.98 Å². The lowest BCUT2D eigenvalue weighted by Crippen LogP contribution is -2.14. The molecule has 0 saturated heterocycles. The van der Waals surface area contributed by atoms with E-state index in [2.05, 4.69) is 35.7 Å². The van der Waals surface area contributed by atoms with Crippen molar-refractivity contribution in [1.29, 1.82) is 0 Å². The number of fused-ring (bicyclic) bond motifs is 1. The molecule has 2 heterocycles. The molecule has 0 aromatic carbocycles. The summed E-state index contributed by atoms with van der Waals surface area (Å²) in [6.07, 6.45) is 3.45. The molecule has 0 amide bonds. The van der Waals surface area contributed by atoms with Crippen LogP contribution in [0.2, 0.25) is 0 Å². The Morgan fingerprint density at radius 3 is 2.47 bits per heavy atom. The van der Waals surface area contributed by atoms with Gasteiger partial charge < -0.3 is 5.73 Å². The fourth-order valence-electron chi connectivity index (χ4n) is 1.29. The standard InChI is InChI=1S/C11H14N4/c1-11(2,3)9-6-13-7-4-10(12)14-5-8(7)15-9/h4-6H,1-3H3,(H2,12,14). The van der Waals surface area contributed by atoms with Crippen LogP contribution in [0.1, 0.15) is 26.5 Å². The zero-order chi connectivity index (χ0) is 11.1. The van der Waals surface area contributed by atoms with Crippen LogP contribution >= 0.6 is 0 Å². The Hall–Kier alpha value is -1.71. The van der Waals surface area contributed by atoms with E-state index in [9.17, 15) is 0 Å². The normalized spacial score (nSPS) is 11.9. The summed E-state index contributed by atoms with van der Waals surface area (Å²) < 4.78 is 0. The molecule has 0 radical (unpaired) electrons. The summed E-state index contributed by atoms with van der Waals surface area (Å²) in [6, 6.07) is 1.73. The summed E-state index contributed by atoms with van der Waals surface area (Å²) >= 11 is 0. The molecular formula is C11H14N4. The van der Waals surface area contributed by atoms with Crippen molar-refractivity contribution in [2.24, 2.45) is 0 Å². The van der Waals surface area contributed by atoms with E-state index in [0.29, 0.717) is 5.82 Å². The zero-order valence-corrected chi connectivity index (χ0v) is 9.15. The molecule has 4 nitrogen and oxygen atoms in total. The van der Waals surface area contributed by atoms with Crippen molar-refractivity contribution >= 4 is 16.9 Å². The Kier molecular flexibility index (Phi) is 2.07. The highest BCUT2D eigenvalue weighted by molar-refractivity contribution is 5.75. The number of nitrogens with zero attached hydrogens (tertiary/aromatic N) is 3. The first-order chi connectivity index (χ1) is 6.97. The summed E-state index contributed by atoms with van der Waals surface area (Å²) in [5, 5.41) is 0. The van der Waals surface area contributed by atoms with Gasteiger partial charge in [0.2, 0.25) is 0 Å². The number of nitrogens with two attached hydrogens (primary N) is 1. The minimum atomic E-state index is 0.00256. The molecule has 2 aromatic heterocycles. The molecule has 2 rings (SSSR count). The van der Waals surface area contributed by atoms with Crippen molar-refractivity contribution < 1.29 is 0 Å². The van der Waals surface area contributed by atoms with Crippen LogP contribution in [0.3, 0.4) is 0 Å². The van der Waals surface area contributed by atoms with Crippen LogP contribution in [0, 0.1) is 0 Å². The third-order valence-electron chi connectivity index (χ3n) is 2.22. The van der Waals surface area contributed by atoms with Gasteiger partial charge in [-0.1, -0.05) is 20.8 Å². The molecule has 0 aliphatic carbocycles. The monoisotopic (exact) mass is 202 g/mol. The molecule has 0 fully saturated rings. The van der Waals surface area contributed by atoms with Gasteiger partial charge in [-0.25, -0.2) is 9.97 Å². The lowest BCUT2D eigenvalue weighted by atomic mass is 9.93. The third kappa shape index (κ3) is 1.88. The van der Waals surface area contributed by atoms with Crippen molar-refractivity contribution in [1.82, 2.24) is 15.0 Å². The predicted molar refractivity (Wildman–Crippen MR) is 60.4 cm³/mol. The zero-order valence-electron chi connectivity index (χ0n) is 9.15. The van der Waals surface area contributed by atoms with Crippen LogP contribution in [0.5, 0.6) is 0 Å².